The van der Waals surface area contributed by atoms with E-state index in [1.807, 2.05) is 0 Å². The molecule has 0 saturated carbocycles. The van der Waals surface area contributed by atoms with Crippen molar-refractivity contribution in [3.8, 4) is 11.1 Å². The minimum absolute atomic E-state index is 0.551. The summed E-state index contributed by atoms with van der Waals surface area (Å²) in [6.45, 7) is 2.17. The summed E-state index contributed by atoms with van der Waals surface area (Å²) in [5.41, 5.74) is 3.79. The number of hydrogen-bond donors (Lipinski definition) is 2. The van der Waals surface area contributed by atoms with Crippen LogP contribution in [-0.4, -0.2) is 19.1 Å². The Morgan fingerprint density at radius 3 is 2.50 bits per heavy atom. The second kappa shape index (κ2) is 5.23. The molecular weight excluding hydrogens is 220 g/mol. The van der Waals surface area contributed by atoms with Gasteiger partial charge in [-0.25, -0.2) is 0 Å². The van der Waals surface area contributed by atoms with Crippen LogP contribution < -0.4 is 10.6 Å². The Hall–Kier alpha value is -1.80. The van der Waals surface area contributed by atoms with Gasteiger partial charge in [-0.05, 0) is 24.6 Å². The fourth-order valence-corrected chi connectivity index (χ4v) is 2.48. The molecule has 3 rings (SSSR count). The van der Waals surface area contributed by atoms with Crippen molar-refractivity contribution >= 4 is 5.69 Å². The van der Waals surface area contributed by atoms with Crippen LogP contribution in [0.15, 0.2) is 54.6 Å². The van der Waals surface area contributed by atoms with Crippen molar-refractivity contribution in [2.24, 2.45) is 0 Å². The van der Waals surface area contributed by atoms with Gasteiger partial charge in [0.2, 0.25) is 0 Å². The largest absolute Gasteiger partial charge is 0.380 e. The van der Waals surface area contributed by atoms with Gasteiger partial charge < -0.3 is 10.6 Å². The van der Waals surface area contributed by atoms with Crippen molar-refractivity contribution < 1.29 is 0 Å². The molecule has 2 aromatic rings. The Balaban J connectivity index is 1.90. The Kier molecular flexibility index (Phi) is 3.29. The summed E-state index contributed by atoms with van der Waals surface area (Å²) in [5, 5.41) is 7.03. The van der Waals surface area contributed by atoms with Gasteiger partial charge in [0.15, 0.2) is 0 Å². The molecule has 2 heteroatoms. The van der Waals surface area contributed by atoms with Crippen LogP contribution in [0.3, 0.4) is 0 Å². The van der Waals surface area contributed by atoms with E-state index < -0.39 is 0 Å². The molecule has 0 aromatic heterocycles. The van der Waals surface area contributed by atoms with E-state index >= 15 is 0 Å². The molecular formula is C16H18N2. The monoisotopic (exact) mass is 238 g/mol. The number of benzene rings is 2. The van der Waals surface area contributed by atoms with Gasteiger partial charge in [-0.2, -0.15) is 0 Å². The summed E-state index contributed by atoms with van der Waals surface area (Å²) in [6, 6.07) is 19.6. The van der Waals surface area contributed by atoms with Crippen LogP contribution in [-0.2, 0) is 0 Å². The van der Waals surface area contributed by atoms with Gasteiger partial charge in [-0.15, -0.1) is 0 Å². The first-order valence-corrected chi connectivity index (χ1v) is 6.55. The molecule has 2 nitrogen and oxygen atoms in total. The van der Waals surface area contributed by atoms with Crippen molar-refractivity contribution in [2.45, 2.75) is 12.5 Å². The molecule has 2 N–H and O–H groups in total. The lowest BCUT2D eigenvalue weighted by Gasteiger charge is -2.16. The number of rotatable bonds is 3. The molecule has 0 amide bonds. The predicted octanol–water partition coefficient (Wildman–Crippen LogP) is 3.13. The minimum Gasteiger partial charge on any atom is -0.380 e. The zero-order valence-corrected chi connectivity index (χ0v) is 10.4. The molecule has 1 heterocycles. The third kappa shape index (κ3) is 2.39. The van der Waals surface area contributed by atoms with E-state index in [9.17, 15) is 0 Å². The zero-order chi connectivity index (χ0) is 12.2. The van der Waals surface area contributed by atoms with Crippen molar-refractivity contribution in [3.05, 3.63) is 54.6 Å². The maximum atomic E-state index is 3.65. The highest BCUT2D eigenvalue weighted by Crippen LogP contribution is 2.28. The van der Waals surface area contributed by atoms with Crippen molar-refractivity contribution in [1.82, 2.24) is 5.32 Å². The fraction of sp³-hybridized carbons (Fsp3) is 0.250. The number of anilines is 1. The summed E-state index contributed by atoms with van der Waals surface area (Å²) >= 11 is 0. The highest BCUT2D eigenvalue weighted by Gasteiger charge is 2.15. The van der Waals surface area contributed by atoms with Gasteiger partial charge in [-0.1, -0.05) is 48.5 Å². The van der Waals surface area contributed by atoms with Gasteiger partial charge in [-0.3, -0.25) is 0 Å². The first-order chi connectivity index (χ1) is 8.93. The predicted molar refractivity (Wildman–Crippen MR) is 76.8 cm³/mol. The lowest BCUT2D eigenvalue weighted by atomic mass is 10.0. The van der Waals surface area contributed by atoms with E-state index in [1.165, 1.54) is 23.2 Å². The number of para-hydroxylation sites is 1. The molecule has 1 atom stereocenters. The minimum atomic E-state index is 0.551. The summed E-state index contributed by atoms with van der Waals surface area (Å²) < 4.78 is 0. The van der Waals surface area contributed by atoms with Crippen LogP contribution in [0.2, 0.25) is 0 Å². The van der Waals surface area contributed by atoms with E-state index in [0.29, 0.717) is 6.04 Å². The van der Waals surface area contributed by atoms with E-state index in [-0.39, 0.29) is 0 Å². The topological polar surface area (TPSA) is 24.1 Å². The van der Waals surface area contributed by atoms with E-state index in [2.05, 4.69) is 65.2 Å². The normalized spacial score (nSPS) is 18.8. The Bertz CT molecular complexity index is 502. The Morgan fingerprint density at radius 1 is 0.944 bits per heavy atom. The third-order valence-electron chi connectivity index (χ3n) is 3.43. The molecule has 1 saturated heterocycles. The first-order valence-electron chi connectivity index (χ1n) is 6.55. The van der Waals surface area contributed by atoms with Gasteiger partial charge in [0.25, 0.3) is 0 Å². The lowest BCUT2D eigenvalue weighted by Crippen LogP contribution is -2.22. The molecule has 2 aromatic carbocycles. The summed E-state index contributed by atoms with van der Waals surface area (Å²) in [4.78, 5) is 0. The Labute approximate surface area is 108 Å². The summed E-state index contributed by atoms with van der Waals surface area (Å²) in [7, 11) is 0. The van der Waals surface area contributed by atoms with E-state index in [4.69, 9.17) is 0 Å². The molecule has 1 unspecified atom stereocenters. The van der Waals surface area contributed by atoms with Crippen molar-refractivity contribution in [3.63, 3.8) is 0 Å². The molecule has 1 aliphatic heterocycles. The van der Waals surface area contributed by atoms with Gasteiger partial charge in [0, 0.05) is 23.8 Å². The van der Waals surface area contributed by atoms with Crippen LogP contribution in [0.25, 0.3) is 11.1 Å². The highest BCUT2D eigenvalue weighted by molar-refractivity contribution is 5.77. The quantitative estimate of drug-likeness (QED) is 0.858. The molecule has 0 aliphatic carbocycles. The average Bonchev–Trinajstić information content (AvgIpc) is 2.93. The van der Waals surface area contributed by atoms with Crippen LogP contribution in [0, 0.1) is 0 Å². The number of hydrogen-bond acceptors (Lipinski definition) is 2. The summed E-state index contributed by atoms with van der Waals surface area (Å²) in [6.07, 6.45) is 1.20. The van der Waals surface area contributed by atoms with Crippen molar-refractivity contribution in [2.75, 3.05) is 18.4 Å². The van der Waals surface area contributed by atoms with Crippen LogP contribution in [0.1, 0.15) is 6.42 Å². The molecule has 92 valence electrons. The van der Waals surface area contributed by atoms with Crippen LogP contribution in [0.4, 0.5) is 5.69 Å². The number of nitrogens with one attached hydrogen (secondary N) is 2. The van der Waals surface area contributed by atoms with Crippen molar-refractivity contribution in [1.29, 1.82) is 0 Å². The molecule has 1 fully saturated rings. The molecule has 1 aliphatic rings. The molecule has 0 spiro atoms. The fourth-order valence-electron chi connectivity index (χ4n) is 2.48. The maximum absolute atomic E-state index is 3.65. The van der Waals surface area contributed by atoms with E-state index in [1.54, 1.807) is 0 Å². The van der Waals surface area contributed by atoms with E-state index in [0.717, 1.165) is 13.1 Å². The van der Waals surface area contributed by atoms with Crippen LogP contribution in [0.5, 0.6) is 0 Å². The third-order valence-corrected chi connectivity index (χ3v) is 3.43. The summed E-state index contributed by atoms with van der Waals surface area (Å²) in [5.74, 6) is 0. The second-order valence-electron chi connectivity index (χ2n) is 4.75. The standard InChI is InChI=1S/C16H18N2/c1-2-6-13(7-3-1)15-8-4-5-9-16(15)18-14-10-11-17-12-14/h1-9,14,17-18H,10-12H2. The second-order valence-corrected chi connectivity index (χ2v) is 4.75. The van der Waals surface area contributed by atoms with Gasteiger partial charge in [0.1, 0.15) is 0 Å². The maximum Gasteiger partial charge on any atom is 0.0422 e. The smallest absolute Gasteiger partial charge is 0.0422 e. The van der Waals surface area contributed by atoms with Gasteiger partial charge >= 0.3 is 0 Å². The highest BCUT2D eigenvalue weighted by atomic mass is 15.0. The molecule has 0 radical (unpaired) electrons. The molecule has 18 heavy (non-hydrogen) atoms. The van der Waals surface area contributed by atoms with Crippen LogP contribution >= 0.6 is 0 Å². The zero-order valence-electron chi connectivity index (χ0n) is 10.4. The SMILES string of the molecule is c1ccc(-c2ccccc2NC2CCNC2)cc1. The molecule has 0 bridgehead atoms. The van der Waals surface area contributed by atoms with Gasteiger partial charge in [0.05, 0.1) is 0 Å². The first kappa shape index (κ1) is 11.3. The lowest BCUT2D eigenvalue weighted by molar-refractivity contribution is 0.794. The average molecular weight is 238 g/mol. The Morgan fingerprint density at radius 2 is 1.72 bits per heavy atom.